The summed E-state index contributed by atoms with van der Waals surface area (Å²) in [5, 5.41) is 1.05. The van der Waals surface area contributed by atoms with Crippen molar-refractivity contribution in [1.82, 2.24) is 9.55 Å². The molecule has 0 aromatic carbocycles. The van der Waals surface area contributed by atoms with Gasteiger partial charge < -0.3 is 10.3 Å². The normalized spacial score (nSPS) is 12.1. The Morgan fingerprint density at radius 1 is 1.44 bits per heavy atom. The highest BCUT2D eigenvalue weighted by Gasteiger charge is 2.10. The number of sulfone groups is 1. The zero-order valence-corrected chi connectivity index (χ0v) is 11.2. The van der Waals surface area contributed by atoms with Gasteiger partial charge in [-0.05, 0) is 30.7 Å². The van der Waals surface area contributed by atoms with E-state index in [1.54, 1.807) is 6.20 Å². The molecule has 98 valence electrons. The fourth-order valence-electron chi connectivity index (χ4n) is 1.98. The van der Waals surface area contributed by atoms with E-state index in [2.05, 4.69) is 4.98 Å². The first-order valence-electron chi connectivity index (χ1n) is 5.82. The second-order valence-electron chi connectivity index (χ2n) is 4.39. The molecule has 6 heteroatoms. The van der Waals surface area contributed by atoms with Gasteiger partial charge in [-0.3, -0.25) is 0 Å². The highest BCUT2D eigenvalue weighted by Crippen LogP contribution is 2.19. The molecule has 0 saturated heterocycles. The van der Waals surface area contributed by atoms with E-state index in [0.29, 0.717) is 13.1 Å². The Hall–Kier alpha value is -1.40. The maximum atomic E-state index is 11.2. The molecule has 2 heterocycles. The van der Waals surface area contributed by atoms with Crippen molar-refractivity contribution in [2.45, 2.75) is 13.0 Å². The third kappa shape index (κ3) is 2.88. The van der Waals surface area contributed by atoms with Gasteiger partial charge in [-0.15, -0.1) is 0 Å². The van der Waals surface area contributed by atoms with Crippen LogP contribution in [0.3, 0.4) is 0 Å². The van der Waals surface area contributed by atoms with E-state index in [-0.39, 0.29) is 5.75 Å². The van der Waals surface area contributed by atoms with Crippen molar-refractivity contribution in [3.8, 4) is 0 Å². The lowest BCUT2D eigenvalue weighted by Crippen LogP contribution is -2.10. The molecule has 0 amide bonds. The van der Waals surface area contributed by atoms with Gasteiger partial charge >= 0.3 is 0 Å². The smallest absolute Gasteiger partial charge is 0.149 e. The predicted octanol–water partition coefficient (Wildman–Crippen LogP) is 0.582. The summed E-state index contributed by atoms with van der Waals surface area (Å²) in [7, 11) is -2.97. The molecule has 2 N–H and O–H groups in total. The maximum absolute atomic E-state index is 11.2. The fourth-order valence-corrected chi connectivity index (χ4v) is 2.51. The van der Waals surface area contributed by atoms with Crippen molar-refractivity contribution >= 4 is 20.9 Å². The first-order chi connectivity index (χ1) is 8.51. The first-order valence-corrected chi connectivity index (χ1v) is 7.88. The van der Waals surface area contributed by atoms with Gasteiger partial charge in [0.1, 0.15) is 15.5 Å². The molecule has 2 aromatic heterocycles. The lowest BCUT2D eigenvalue weighted by Gasteiger charge is -2.02. The molecule has 0 unspecified atom stereocenters. The molecular weight excluding hydrogens is 250 g/mol. The molecule has 5 nitrogen and oxygen atoms in total. The predicted molar refractivity (Wildman–Crippen MR) is 72.2 cm³/mol. The van der Waals surface area contributed by atoms with Gasteiger partial charge in [-0.1, -0.05) is 0 Å². The quantitative estimate of drug-likeness (QED) is 0.859. The Kier molecular flexibility index (Phi) is 3.68. The molecule has 0 atom stereocenters. The summed E-state index contributed by atoms with van der Waals surface area (Å²) in [6.07, 6.45) is 5.68. The minimum Gasteiger partial charge on any atom is -0.331 e. The fraction of sp³-hybridized carbons (Fsp3) is 0.417. The molecule has 0 spiro atoms. The molecule has 0 fully saturated rings. The lowest BCUT2D eigenvalue weighted by molar-refractivity contribution is 0.595. The topological polar surface area (TPSA) is 78.0 Å². The molecule has 0 aliphatic carbocycles. The number of aryl methyl sites for hydroxylation is 1. The average Bonchev–Trinajstić information content (AvgIpc) is 2.65. The number of hydrogen-bond donors (Lipinski definition) is 1. The average molecular weight is 267 g/mol. The third-order valence-corrected chi connectivity index (χ3v) is 3.76. The van der Waals surface area contributed by atoms with Crippen molar-refractivity contribution in [2.75, 3.05) is 18.6 Å². The van der Waals surface area contributed by atoms with Crippen LogP contribution in [0.4, 0.5) is 0 Å². The van der Waals surface area contributed by atoms with E-state index in [9.17, 15) is 8.42 Å². The van der Waals surface area contributed by atoms with Crippen LogP contribution in [-0.2, 0) is 22.8 Å². The minimum atomic E-state index is -2.97. The molecule has 2 rings (SSSR count). The van der Waals surface area contributed by atoms with Crippen LogP contribution in [0.2, 0.25) is 0 Å². The standard InChI is InChI=1S/C12H17N3O2S/c1-18(16,17)8-7-15-9-10(4-5-13)11-3-2-6-14-12(11)15/h2-3,6,9H,4-5,7-8,13H2,1H3. The number of nitrogens with two attached hydrogens (primary N) is 1. The van der Waals surface area contributed by atoms with E-state index in [0.717, 1.165) is 23.0 Å². The summed E-state index contributed by atoms with van der Waals surface area (Å²) in [5.74, 6) is 0.120. The largest absolute Gasteiger partial charge is 0.331 e. The Bertz CT molecular complexity index is 646. The Morgan fingerprint density at radius 3 is 2.89 bits per heavy atom. The van der Waals surface area contributed by atoms with Gasteiger partial charge in [-0.25, -0.2) is 13.4 Å². The van der Waals surface area contributed by atoms with Crippen LogP contribution in [0.15, 0.2) is 24.5 Å². The van der Waals surface area contributed by atoms with Crippen LogP contribution in [0.1, 0.15) is 5.56 Å². The molecule has 0 radical (unpaired) electrons. The van der Waals surface area contributed by atoms with Crippen molar-refractivity contribution in [3.05, 3.63) is 30.1 Å². The number of aromatic nitrogens is 2. The molecule has 18 heavy (non-hydrogen) atoms. The van der Waals surface area contributed by atoms with E-state index < -0.39 is 9.84 Å². The zero-order valence-electron chi connectivity index (χ0n) is 10.3. The van der Waals surface area contributed by atoms with Crippen LogP contribution >= 0.6 is 0 Å². The van der Waals surface area contributed by atoms with Gasteiger partial charge in [0.2, 0.25) is 0 Å². The molecule has 0 saturated carbocycles. The van der Waals surface area contributed by atoms with Crippen molar-refractivity contribution < 1.29 is 8.42 Å². The number of pyridine rings is 1. The zero-order chi connectivity index (χ0) is 13.2. The summed E-state index contributed by atoms with van der Waals surface area (Å²) in [6.45, 7) is 0.997. The number of nitrogens with zero attached hydrogens (tertiary/aromatic N) is 2. The molecule has 2 aromatic rings. The third-order valence-electron chi connectivity index (χ3n) is 2.83. The van der Waals surface area contributed by atoms with Gasteiger partial charge in [-0.2, -0.15) is 0 Å². The summed E-state index contributed by atoms with van der Waals surface area (Å²) in [6, 6.07) is 3.87. The Morgan fingerprint density at radius 2 is 2.22 bits per heavy atom. The van der Waals surface area contributed by atoms with Crippen LogP contribution < -0.4 is 5.73 Å². The van der Waals surface area contributed by atoms with Gasteiger partial charge in [0.15, 0.2) is 0 Å². The van der Waals surface area contributed by atoms with Crippen molar-refractivity contribution in [3.63, 3.8) is 0 Å². The molecule has 0 aliphatic heterocycles. The van der Waals surface area contributed by atoms with Gasteiger partial charge in [0.25, 0.3) is 0 Å². The number of rotatable bonds is 5. The van der Waals surface area contributed by atoms with E-state index in [1.165, 1.54) is 6.26 Å². The maximum Gasteiger partial charge on any atom is 0.149 e. The summed E-state index contributed by atoms with van der Waals surface area (Å²) in [5.41, 5.74) is 7.52. The second kappa shape index (κ2) is 5.07. The lowest BCUT2D eigenvalue weighted by atomic mass is 10.2. The molecule has 0 aliphatic rings. The SMILES string of the molecule is CS(=O)(=O)CCn1cc(CCN)c2cccnc21. The first kappa shape index (κ1) is 13.0. The van der Waals surface area contributed by atoms with E-state index in [4.69, 9.17) is 5.73 Å². The highest BCUT2D eigenvalue weighted by atomic mass is 32.2. The van der Waals surface area contributed by atoms with Gasteiger partial charge in [0, 0.05) is 30.6 Å². The van der Waals surface area contributed by atoms with Gasteiger partial charge in [0.05, 0.1) is 5.75 Å². The second-order valence-corrected chi connectivity index (χ2v) is 6.65. The summed E-state index contributed by atoms with van der Waals surface area (Å²) >= 11 is 0. The summed E-state index contributed by atoms with van der Waals surface area (Å²) < 4.78 is 24.3. The van der Waals surface area contributed by atoms with Crippen LogP contribution in [0.25, 0.3) is 11.0 Å². The monoisotopic (exact) mass is 267 g/mol. The number of fused-ring (bicyclic) bond motifs is 1. The van der Waals surface area contributed by atoms with Crippen LogP contribution in [0, 0.1) is 0 Å². The Labute approximate surface area is 107 Å². The highest BCUT2D eigenvalue weighted by molar-refractivity contribution is 7.90. The Balaban J connectivity index is 2.38. The summed E-state index contributed by atoms with van der Waals surface area (Å²) in [4.78, 5) is 4.31. The minimum absolute atomic E-state index is 0.120. The van der Waals surface area contributed by atoms with Crippen molar-refractivity contribution in [2.24, 2.45) is 5.73 Å². The van der Waals surface area contributed by atoms with Crippen molar-refractivity contribution in [1.29, 1.82) is 0 Å². The van der Waals surface area contributed by atoms with E-state index >= 15 is 0 Å². The van der Waals surface area contributed by atoms with Crippen LogP contribution in [-0.4, -0.2) is 36.5 Å². The van der Waals surface area contributed by atoms with Crippen LogP contribution in [0.5, 0.6) is 0 Å². The van der Waals surface area contributed by atoms with E-state index in [1.807, 2.05) is 22.9 Å². The number of hydrogen-bond acceptors (Lipinski definition) is 4. The molecule has 0 bridgehead atoms. The molecular formula is C12H17N3O2S.